The molecule has 6 nitrogen and oxygen atoms in total. The van der Waals surface area contributed by atoms with Crippen molar-refractivity contribution in [2.24, 2.45) is 0 Å². The number of hydrogen-bond acceptors (Lipinski definition) is 5. The molecule has 0 bridgehead atoms. The van der Waals surface area contributed by atoms with E-state index in [1.807, 2.05) is 115 Å². The molecule has 0 radical (unpaired) electrons. The van der Waals surface area contributed by atoms with Crippen LogP contribution in [-0.4, -0.2) is 34.3 Å². The minimum absolute atomic E-state index is 0.114. The molecule has 0 heterocycles. The standard InChI is InChI=1S/C38H37NO5/c1-41-32-18-10-27(11-19-32)37(28-12-20-33(42-2)21-13-28)39-36(40)26-38(29-8-6-5-7-9-29,30-14-22-34(43-3)23-15-30)31-16-24-35(44-4)25-17-31/h5-25,37H,26H2,1-4H3,(H,39,40). The van der Waals surface area contributed by atoms with E-state index in [-0.39, 0.29) is 12.3 Å². The van der Waals surface area contributed by atoms with Gasteiger partial charge in [-0.25, -0.2) is 0 Å². The summed E-state index contributed by atoms with van der Waals surface area (Å²) in [4.78, 5) is 14.4. The summed E-state index contributed by atoms with van der Waals surface area (Å²) in [7, 11) is 6.57. The first-order chi connectivity index (χ1) is 21.5. The van der Waals surface area contributed by atoms with Gasteiger partial charge in [0.05, 0.1) is 39.9 Å². The molecule has 0 aliphatic rings. The highest BCUT2D eigenvalue weighted by Crippen LogP contribution is 2.43. The monoisotopic (exact) mass is 587 g/mol. The fourth-order valence-electron chi connectivity index (χ4n) is 5.68. The Morgan fingerprint density at radius 2 is 0.864 bits per heavy atom. The number of carbonyl (C=O) groups is 1. The second-order valence-corrected chi connectivity index (χ2v) is 10.5. The third-order valence-corrected chi connectivity index (χ3v) is 8.06. The van der Waals surface area contributed by atoms with Gasteiger partial charge in [0.2, 0.25) is 5.91 Å². The van der Waals surface area contributed by atoms with Crippen LogP contribution in [-0.2, 0) is 10.2 Å². The van der Waals surface area contributed by atoms with Gasteiger partial charge >= 0.3 is 0 Å². The van der Waals surface area contributed by atoms with Gasteiger partial charge in [-0.05, 0) is 76.3 Å². The fourth-order valence-corrected chi connectivity index (χ4v) is 5.68. The Labute approximate surface area is 259 Å². The van der Waals surface area contributed by atoms with Gasteiger partial charge in [0, 0.05) is 6.42 Å². The highest BCUT2D eigenvalue weighted by molar-refractivity contribution is 5.81. The topological polar surface area (TPSA) is 66.0 Å². The summed E-state index contributed by atoms with van der Waals surface area (Å²) in [6.45, 7) is 0. The second-order valence-electron chi connectivity index (χ2n) is 10.5. The molecule has 0 aromatic heterocycles. The molecule has 0 fully saturated rings. The lowest BCUT2D eigenvalue weighted by Crippen LogP contribution is -2.38. The Morgan fingerprint density at radius 1 is 0.523 bits per heavy atom. The molecule has 0 atom stereocenters. The molecule has 5 aromatic carbocycles. The van der Waals surface area contributed by atoms with Crippen LogP contribution in [0.25, 0.3) is 0 Å². The van der Waals surface area contributed by atoms with Gasteiger partial charge in [-0.2, -0.15) is 0 Å². The second kappa shape index (κ2) is 13.8. The van der Waals surface area contributed by atoms with Gasteiger partial charge in [0.15, 0.2) is 0 Å². The van der Waals surface area contributed by atoms with Gasteiger partial charge in [0.25, 0.3) is 0 Å². The lowest BCUT2D eigenvalue weighted by atomic mass is 9.67. The molecule has 1 N–H and O–H groups in total. The Bertz CT molecular complexity index is 1540. The first-order valence-electron chi connectivity index (χ1n) is 14.4. The van der Waals surface area contributed by atoms with Crippen LogP contribution in [0.3, 0.4) is 0 Å². The number of rotatable bonds is 12. The van der Waals surface area contributed by atoms with E-state index in [1.165, 1.54) is 0 Å². The van der Waals surface area contributed by atoms with E-state index in [4.69, 9.17) is 18.9 Å². The predicted octanol–water partition coefficient (Wildman–Crippen LogP) is 7.35. The number of methoxy groups -OCH3 is 4. The molecular weight excluding hydrogens is 550 g/mol. The third kappa shape index (κ3) is 6.40. The summed E-state index contributed by atoms with van der Waals surface area (Å²) in [6.07, 6.45) is 0.151. The van der Waals surface area contributed by atoms with Gasteiger partial charge < -0.3 is 24.3 Å². The maximum atomic E-state index is 14.4. The zero-order valence-corrected chi connectivity index (χ0v) is 25.5. The Kier molecular flexibility index (Phi) is 9.50. The quantitative estimate of drug-likeness (QED) is 0.155. The third-order valence-electron chi connectivity index (χ3n) is 8.06. The van der Waals surface area contributed by atoms with Crippen molar-refractivity contribution in [2.75, 3.05) is 28.4 Å². The number of carbonyl (C=O) groups excluding carboxylic acids is 1. The molecule has 44 heavy (non-hydrogen) atoms. The van der Waals surface area contributed by atoms with E-state index in [0.29, 0.717) is 0 Å². The fraction of sp³-hybridized carbons (Fsp3) is 0.184. The maximum absolute atomic E-state index is 14.4. The summed E-state index contributed by atoms with van der Waals surface area (Å²) >= 11 is 0. The van der Waals surface area contributed by atoms with Crippen LogP contribution in [0.15, 0.2) is 127 Å². The van der Waals surface area contributed by atoms with Crippen LogP contribution in [0.1, 0.15) is 40.3 Å². The molecule has 224 valence electrons. The summed E-state index contributed by atoms with van der Waals surface area (Å²) in [5, 5.41) is 3.36. The number of benzene rings is 5. The van der Waals surface area contributed by atoms with Crippen molar-refractivity contribution in [1.82, 2.24) is 5.32 Å². The smallest absolute Gasteiger partial charge is 0.222 e. The van der Waals surface area contributed by atoms with Crippen molar-refractivity contribution < 1.29 is 23.7 Å². The molecule has 5 aromatic rings. The zero-order valence-electron chi connectivity index (χ0n) is 25.5. The van der Waals surface area contributed by atoms with E-state index in [2.05, 4.69) is 17.4 Å². The number of hydrogen-bond donors (Lipinski definition) is 1. The largest absolute Gasteiger partial charge is 0.497 e. The molecule has 1 amide bonds. The van der Waals surface area contributed by atoms with Crippen LogP contribution >= 0.6 is 0 Å². The van der Waals surface area contributed by atoms with Crippen LogP contribution in [0, 0.1) is 0 Å². The molecule has 0 aliphatic carbocycles. The molecule has 0 saturated carbocycles. The number of nitrogens with one attached hydrogen (secondary N) is 1. The van der Waals surface area contributed by atoms with Crippen molar-refractivity contribution in [3.8, 4) is 23.0 Å². The normalized spacial score (nSPS) is 11.1. The first-order valence-corrected chi connectivity index (χ1v) is 14.4. The Balaban J connectivity index is 1.61. The van der Waals surface area contributed by atoms with Crippen molar-refractivity contribution in [2.45, 2.75) is 17.9 Å². The minimum atomic E-state index is -0.811. The van der Waals surface area contributed by atoms with Crippen molar-refractivity contribution in [1.29, 1.82) is 0 Å². The van der Waals surface area contributed by atoms with E-state index in [9.17, 15) is 4.79 Å². The van der Waals surface area contributed by atoms with Crippen molar-refractivity contribution in [3.63, 3.8) is 0 Å². The first kappa shape index (κ1) is 30.2. The van der Waals surface area contributed by atoms with E-state index in [1.54, 1.807) is 28.4 Å². The molecule has 0 unspecified atom stereocenters. The summed E-state index contributed by atoms with van der Waals surface area (Å²) in [5.74, 6) is 2.87. The van der Waals surface area contributed by atoms with Crippen LogP contribution in [0.2, 0.25) is 0 Å². The SMILES string of the molecule is COc1ccc(C(NC(=O)CC(c2ccccc2)(c2ccc(OC)cc2)c2ccc(OC)cc2)c2ccc(OC)cc2)cc1. The van der Waals surface area contributed by atoms with Gasteiger partial charge in [-0.1, -0.05) is 78.9 Å². The van der Waals surface area contributed by atoms with E-state index < -0.39 is 11.5 Å². The summed E-state index contributed by atoms with van der Waals surface area (Å²) < 4.78 is 21.7. The predicted molar refractivity (Wildman–Crippen MR) is 173 cm³/mol. The van der Waals surface area contributed by atoms with Crippen molar-refractivity contribution >= 4 is 5.91 Å². The molecule has 0 spiro atoms. The molecule has 0 aliphatic heterocycles. The number of ether oxygens (including phenoxy) is 4. The molecular formula is C38H37NO5. The lowest BCUT2D eigenvalue weighted by Gasteiger charge is -2.36. The maximum Gasteiger partial charge on any atom is 0.222 e. The average molecular weight is 588 g/mol. The molecule has 5 rings (SSSR count). The summed E-state index contributed by atoms with van der Waals surface area (Å²) in [6, 6.07) is 41.2. The van der Waals surface area contributed by atoms with Gasteiger partial charge in [-0.3, -0.25) is 4.79 Å². The molecule has 6 heteroatoms. The van der Waals surface area contributed by atoms with E-state index >= 15 is 0 Å². The van der Waals surface area contributed by atoms with E-state index in [0.717, 1.165) is 50.8 Å². The summed E-state index contributed by atoms with van der Waals surface area (Å²) in [5.41, 5.74) is 3.99. The Morgan fingerprint density at radius 3 is 1.23 bits per heavy atom. The molecule has 0 saturated heterocycles. The lowest BCUT2D eigenvalue weighted by molar-refractivity contribution is -0.122. The number of amides is 1. The van der Waals surface area contributed by atoms with Crippen LogP contribution < -0.4 is 24.3 Å². The van der Waals surface area contributed by atoms with Crippen LogP contribution in [0.5, 0.6) is 23.0 Å². The van der Waals surface area contributed by atoms with Crippen molar-refractivity contribution in [3.05, 3.63) is 155 Å². The van der Waals surface area contributed by atoms with Gasteiger partial charge in [-0.15, -0.1) is 0 Å². The highest BCUT2D eigenvalue weighted by Gasteiger charge is 2.39. The zero-order chi connectivity index (χ0) is 30.9. The average Bonchev–Trinajstić information content (AvgIpc) is 3.10. The minimum Gasteiger partial charge on any atom is -0.497 e. The van der Waals surface area contributed by atoms with Crippen LogP contribution in [0.4, 0.5) is 0 Å². The van der Waals surface area contributed by atoms with Gasteiger partial charge in [0.1, 0.15) is 23.0 Å². The highest BCUT2D eigenvalue weighted by atomic mass is 16.5. The Hall–Kier alpha value is -5.23.